The molecule has 0 aromatic carbocycles. The fourth-order valence-corrected chi connectivity index (χ4v) is 1.65. The molecule has 0 rings (SSSR count). The van der Waals surface area contributed by atoms with E-state index in [1.807, 2.05) is 0 Å². The first-order chi connectivity index (χ1) is 7.41. The summed E-state index contributed by atoms with van der Waals surface area (Å²) in [6, 6.07) is 0. The lowest BCUT2D eigenvalue weighted by molar-refractivity contribution is 0.282. The van der Waals surface area contributed by atoms with E-state index in [4.69, 9.17) is 5.11 Å². The van der Waals surface area contributed by atoms with Crippen LogP contribution in [-0.2, 0) is 0 Å². The maximum atomic E-state index is 8.60. The Morgan fingerprint density at radius 3 is 1.87 bits per heavy atom. The zero-order chi connectivity index (χ0) is 11.2. The molecule has 0 unspecified atom stereocenters. The second kappa shape index (κ2) is 13.7. The van der Waals surface area contributed by atoms with Crippen molar-refractivity contribution < 1.29 is 5.11 Å². The predicted octanol–water partition coefficient (Wildman–Crippen LogP) is 4.46. The molecule has 0 spiro atoms. The zero-order valence-corrected chi connectivity index (χ0v) is 10.4. The van der Waals surface area contributed by atoms with Crippen molar-refractivity contribution in [1.82, 2.24) is 0 Å². The SMILES string of the molecule is CCCCCC=CCCCCCCCO. The van der Waals surface area contributed by atoms with Crippen LogP contribution in [0, 0.1) is 0 Å². The Bertz CT molecular complexity index is 129. The zero-order valence-electron chi connectivity index (χ0n) is 10.4. The molecule has 0 aromatic rings. The van der Waals surface area contributed by atoms with Gasteiger partial charge < -0.3 is 5.11 Å². The smallest absolute Gasteiger partial charge is 0.0431 e. The van der Waals surface area contributed by atoms with Gasteiger partial charge in [0.15, 0.2) is 0 Å². The van der Waals surface area contributed by atoms with Crippen LogP contribution in [-0.4, -0.2) is 11.7 Å². The molecule has 1 N–H and O–H groups in total. The van der Waals surface area contributed by atoms with Gasteiger partial charge in [0, 0.05) is 6.61 Å². The molecule has 0 aliphatic heterocycles. The van der Waals surface area contributed by atoms with E-state index in [0.29, 0.717) is 6.61 Å². The van der Waals surface area contributed by atoms with Crippen molar-refractivity contribution in [3.63, 3.8) is 0 Å². The summed E-state index contributed by atoms with van der Waals surface area (Å²) in [6.45, 7) is 2.60. The van der Waals surface area contributed by atoms with Crippen LogP contribution in [0.25, 0.3) is 0 Å². The standard InChI is InChI=1S/C14H28O/c1-2-3-4-5-6-7-8-9-10-11-12-13-14-15/h6-7,15H,2-5,8-14H2,1H3. The molecule has 0 saturated carbocycles. The van der Waals surface area contributed by atoms with Crippen molar-refractivity contribution >= 4 is 0 Å². The molecule has 90 valence electrons. The van der Waals surface area contributed by atoms with E-state index in [-0.39, 0.29) is 0 Å². The Labute approximate surface area is 95.6 Å². The fourth-order valence-electron chi connectivity index (χ4n) is 1.65. The van der Waals surface area contributed by atoms with Gasteiger partial charge in [-0.05, 0) is 32.1 Å². The van der Waals surface area contributed by atoms with Crippen molar-refractivity contribution in [3.05, 3.63) is 12.2 Å². The van der Waals surface area contributed by atoms with Gasteiger partial charge in [-0.1, -0.05) is 51.2 Å². The lowest BCUT2D eigenvalue weighted by Gasteiger charge is -1.97. The maximum absolute atomic E-state index is 8.60. The molecule has 0 heterocycles. The number of aliphatic hydroxyl groups excluding tert-OH is 1. The molecule has 0 aliphatic rings. The third kappa shape index (κ3) is 13.7. The van der Waals surface area contributed by atoms with E-state index >= 15 is 0 Å². The summed E-state index contributed by atoms with van der Waals surface area (Å²) in [5.41, 5.74) is 0. The van der Waals surface area contributed by atoms with Gasteiger partial charge in [0.1, 0.15) is 0 Å². The van der Waals surface area contributed by atoms with Gasteiger partial charge in [-0.15, -0.1) is 0 Å². The van der Waals surface area contributed by atoms with E-state index in [0.717, 1.165) is 6.42 Å². The fraction of sp³-hybridized carbons (Fsp3) is 0.857. The average Bonchev–Trinajstić information content (AvgIpc) is 2.26. The lowest BCUT2D eigenvalue weighted by Crippen LogP contribution is -1.83. The molecular weight excluding hydrogens is 184 g/mol. The van der Waals surface area contributed by atoms with Crippen LogP contribution in [0.1, 0.15) is 71.1 Å². The van der Waals surface area contributed by atoms with Crippen molar-refractivity contribution in [3.8, 4) is 0 Å². The molecule has 0 fully saturated rings. The second-order valence-corrected chi connectivity index (χ2v) is 4.25. The van der Waals surface area contributed by atoms with Gasteiger partial charge in [-0.2, -0.15) is 0 Å². The lowest BCUT2D eigenvalue weighted by atomic mass is 10.1. The van der Waals surface area contributed by atoms with Gasteiger partial charge in [0.05, 0.1) is 0 Å². The quantitative estimate of drug-likeness (QED) is 0.396. The topological polar surface area (TPSA) is 20.2 Å². The number of allylic oxidation sites excluding steroid dienone is 2. The Kier molecular flexibility index (Phi) is 13.4. The summed E-state index contributed by atoms with van der Waals surface area (Å²) in [5.74, 6) is 0. The molecule has 0 saturated heterocycles. The number of hydrogen-bond donors (Lipinski definition) is 1. The first-order valence-corrected chi connectivity index (χ1v) is 6.67. The summed E-state index contributed by atoms with van der Waals surface area (Å²) in [5, 5.41) is 8.60. The van der Waals surface area contributed by atoms with E-state index in [9.17, 15) is 0 Å². The minimum absolute atomic E-state index is 0.358. The van der Waals surface area contributed by atoms with Gasteiger partial charge in [-0.3, -0.25) is 0 Å². The molecule has 0 aromatic heterocycles. The van der Waals surface area contributed by atoms with Gasteiger partial charge in [0.25, 0.3) is 0 Å². The number of aliphatic hydroxyl groups is 1. The van der Waals surface area contributed by atoms with Crippen molar-refractivity contribution in [2.75, 3.05) is 6.61 Å². The van der Waals surface area contributed by atoms with Crippen molar-refractivity contribution in [2.45, 2.75) is 71.1 Å². The van der Waals surface area contributed by atoms with E-state index in [1.165, 1.54) is 57.8 Å². The third-order valence-corrected chi connectivity index (χ3v) is 2.67. The Hall–Kier alpha value is -0.300. The van der Waals surface area contributed by atoms with Crippen molar-refractivity contribution in [1.29, 1.82) is 0 Å². The Balaban J connectivity index is 2.96. The molecule has 0 atom stereocenters. The average molecular weight is 212 g/mol. The van der Waals surface area contributed by atoms with E-state index < -0.39 is 0 Å². The normalized spacial score (nSPS) is 11.3. The van der Waals surface area contributed by atoms with Crippen LogP contribution >= 0.6 is 0 Å². The summed E-state index contributed by atoms with van der Waals surface area (Å²) in [4.78, 5) is 0. The van der Waals surface area contributed by atoms with Crippen molar-refractivity contribution in [2.24, 2.45) is 0 Å². The predicted molar refractivity (Wildman–Crippen MR) is 68.1 cm³/mol. The number of rotatable bonds is 11. The second-order valence-electron chi connectivity index (χ2n) is 4.25. The van der Waals surface area contributed by atoms with Gasteiger partial charge >= 0.3 is 0 Å². The van der Waals surface area contributed by atoms with Crippen LogP contribution < -0.4 is 0 Å². The molecule has 0 bridgehead atoms. The summed E-state index contributed by atoms with van der Waals surface area (Å²) in [7, 11) is 0. The largest absolute Gasteiger partial charge is 0.396 e. The highest BCUT2D eigenvalue weighted by Gasteiger charge is 1.88. The molecule has 0 aliphatic carbocycles. The number of unbranched alkanes of at least 4 members (excludes halogenated alkanes) is 8. The molecule has 0 radical (unpaired) electrons. The highest BCUT2D eigenvalue weighted by Crippen LogP contribution is 2.06. The van der Waals surface area contributed by atoms with Gasteiger partial charge in [-0.25, -0.2) is 0 Å². The number of hydrogen-bond acceptors (Lipinski definition) is 1. The highest BCUT2D eigenvalue weighted by atomic mass is 16.2. The minimum atomic E-state index is 0.358. The van der Waals surface area contributed by atoms with Crippen LogP contribution in [0.15, 0.2) is 12.2 Å². The molecular formula is C14H28O. The third-order valence-electron chi connectivity index (χ3n) is 2.67. The van der Waals surface area contributed by atoms with Gasteiger partial charge in [0.2, 0.25) is 0 Å². The Morgan fingerprint density at radius 2 is 1.27 bits per heavy atom. The van der Waals surface area contributed by atoms with Crippen LogP contribution in [0.2, 0.25) is 0 Å². The first kappa shape index (κ1) is 14.7. The monoisotopic (exact) mass is 212 g/mol. The van der Waals surface area contributed by atoms with E-state index in [2.05, 4.69) is 19.1 Å². The van der Waals surface area contributed by atoms with Crippen LogP contribution in [0.5, 0.6) is 0 Å². The summed E-state index contributed by atoms with van der Waals surface area (Å²) < 4.78 is 0. The molecule has 1 heteroatoms. The molecule has 0 amide bonds. The van der Waals surface area contributed by atoms with E-state index in [1.54, 1.807) is 0 Å². The highest BCUT2D eigenvalue weighted by molar-refractivity contribution is 4.81. The first-order valence-electron chi connectivity index (χ1n) is 6.67. The van der Waals surface area contributed by atoms with Crippen LogP contribution in [0.3, 0.4) is 0 Å². The maximum Gasteiger partial charge on any atom is 0.0431 e. The Morgan fingerprint density at radius 1 is 0.733 bits per heavy atom. The van der Waals surface area contributed by atoms with Crippen LogP contribution in [0.4, 0.5) is 0 Å². The minimum Gasteiger partial charge on any atom is -0.396 e. The summed E-state index contributed by atoms with van der Waals surface area (Å²) >= 11 is 0. The molecule has 1 nitrogen and oxygen atoms in total. The molecule has 15 heavy (non-hydrogen) atoms. The summed E-state index contributed by atoms with van der Waals surface area (Å²) in [6.07, 6.45) is 17.3.